The number of amides is 1. The number of carbonyl (C=O) groups is 1. The first-order valence-electron chi connectivity index (χ1n) is 9.09. The van der Waals surface area contributed by atoms with E-state index >= 15 is 0 Å². The number of nitrogens with one attached hydrogen (secondary N) is 1. The second-order valence-corrected chi connectivity index (χ2v) is 6.73. The molecular weight excluding hydrogens is 328 g/mol. The fourth-order valence-corrected chi connectivity index (χ4v) is 3.55. The molecule has 1 saturated carbocycles. The van der Waals surface area contributed by atoms with Gasteiger partial charge in [-0.1, -0.05) is 31.4 Å². The molecule has 1 heterocycles. The van der Waals surface area contributed by atoms with Crippen molar-refractivity contribution in [2.75, 3.05) is 12.4 Å². The van der Waals surface area contributed by atoms with Gasteiger partial charge < -0.3 is 14.5 Å². The molecule has 1 fully saturated rings. The van der Waals surface area contributed by atoms with E-state index in [-0.39, 0.29) is 11.8 Å². The predicted octanol–water partition coefficient (Wildman–Crippen LogP) is 5.02. The average Bonchev–Trinajstić information content (AvgIpc) is 3.11. The van der Waals surface area contributed by atoms with E-state index in [0.29, 0.717) is 17.2 Å². The fourth-order valence-electron chi connectivity index (χ4n) is 3.55. The summed E-state index contributed by atoms with van der Waals surface area (Å²) in [5.41, 5.74) is 2.95. The topological polar surface area (TPSA) is 64.4 Å². The Bertz CT molecular complexity index is 926. The van der Waals surface area contributed by atoms with Crippen LogP contribution < -0.4 is 10.1 Å². The highest BCUT2D eigenvalue weighted by Gasteiger charge is 2.21. The van der Waals surface area contributed by atoms with Gasteiger partial charge in [0.2, 0.25) is 11.8 Å². The molecule has 0 radical (unpaired) electrons. The number of aromatic nitrogens is 1. The maximum Gasteiger partial charge on any atom is 0.231 e. The highest BCUT2D eigenvalue weighted by molar-refractivity contribution is 5.94. The van der Waals surface area contributed by atoms with E-state index in [9.17, 15) is 4.79 Å². The standard InChI is InChI=1S/C21H22N2O3/c1-25-18-10-6-5-9-16(18)21-23-17-12-11-15(13-19(17)26-21)22-20(24)14-7-3-2-4-8-14/h5-6,9-14H,2-4,7-8H2,1H3,(H,22,24). The predicted molar refractivity (Wildman–Crippen MR) is 101 cm³/mol. The second kappa shape index (κ2) is 7.20. The van der Waals surface area contributed by atoms with Gasteiger partial charge in [0.25, 0.3) is 0 Å². The van der Waals surface area contributed by atoms with Crippen LogP contribution in [-0.4, -0.2) is 18.0 Å². The van der Waals surface area contributed by atoms with Gasteiger partial charge in [0.1, 0.15) is 11.3 Å². The molecule has 134 valence electrons. The van der Waals surface area contributed by atoms with Crippen LogP contribution in [0.15, 0.2) is 46.9 Å². The molecule has 5 nitrogen and oxygen atoms in total. The molecule has 0 unspecified atom stereocenters. The number of carbonyl (C=O) groups excluding carboxylic acids is 1. The van der Waals surface area contributed by atoms with Crippen molar-refractivity contribution < 1.29 is 13.9 Å². The molecule has 2 aromatic carbocycles. The summed E-state index contributed by atoms with van der Waals surface area (Å²) in [7, 11) is 1.63. The maximum atomic E-state index is 12.4. The average molecular weight is 350 g/mol. The van der Waals surface area contributed by atoms with Crippen molar-refractivity contribution in [2.24, 2.45) is 5.92 Å². The van der Waals surface area contributed by atoms with Gasteiger partial charge in [0.15, 0.2) is 5.58 Å². The minimum atomic E-state index is 0.105. The quantitative estimate of drug-likeness (QED) is 0.717. The van der Waals surface area contributed by atoms with Crippen LogP contribution in [0.5, 0.6) is 5.75 Å². The minimum absolute atomic E-state index is 0.105. The fraction of sp³-hybridized carbons (Fsp3) is 0.333. The van der Waals surface area contributed by atoms with Crippen molar-refractivity contribution in [3.8, 4) is 17.2 Å². The Labute approximate surface area is 152 Å². The summed E-state index contributed by atoms with van der Waals surface area (Å²) in [6.07, 6.45) is 5.48. The number of para-hydroxylation sites is 1. The van der Waals surface area contributed by atoms with Crippen molar-refractivity contribution in [1.82, 2.24) is 4.98 Å². The molecule has 4 rings (SSSR count). The van der Waals surface area contributed by atoms with Crippen LogP contribution >= 0.6 is 0 Å². The Hall–Kier alpha value is -2.82. The van der Waals surface area contributed by atoms with Gasteiger partial charge in [-0.05, 0) is 37.1 Å². The number of fused-ring (bicyclic) bond motifs is 1. The van der Waals surface area contributed by atoms with E-state index in [1.807, 2.05) is 42.5 Å². The summed E-state index contributed by atoms with van der Waals surface area (Å²) in [5, 5.41) is 3.02. The first-order valence-corrected chi connectivity index (χ1v) is 9.09. The highest BCUT2D eigenvalue weighted by atomic mass is 16.5. The number of methoxy groups -OCH3 is 1. The van der Waals surface area contributed by atoms with Crippen LogP contribution in [0.2, 0.25) is 0 Å². The Morgan fingerprint density at radius 2 is 1.96 bits per heavy atom. The maximum absolute atomic E-state index is 12.4. The lowest BCUT2D eigenvalue weighted by Gasteiger charge is -2.20. The van der Waals surface area contributed by atoms with E-state index in [4.69, 9.17) is 9.15 Å². The lowest BCUT2D eigenvalue weighted by atomic mass is 9.88. The molecule has 0 aliphatic heterocycles. The number of nitrogens with zero attached hydrogens (tertiary/aromatic N) is 1. The zero-order valence-electron chi connectivity index (χ0n) is 14.8. The van der Waals surface area contributed by atoms with Crippen molar-refractivity contribution in [3.05, 3.63) is 42.5 Å². The third-order valence-corrected chi connectivity index (χ3v) is 4.97. The normalized spacial score (nSPS) is 15.1. The van der Waals surface area contributed by atoms with Crippen LogP contribution in [0.25, 0.3) is 22.6 Å². The van der Waals surface area contributed by atoms with E-state index in [1.54, 1.807) is 7.11 Å². The SMILES string of the molecule is COc1ccccc1-c1nc2ccc(NC(=O)C3CCCCC3)cc2o1. The molecule has 1 aliphatic carbocycles. The van der Waals surface area contributed by atoms with Crippen LogP contribution in [0.3, 0.4) is 0 Å². The van der Waals surface area contributed by atoms with Crippen LogP contribution in [-0.2, 0) is 4.79 Å². The first kappa shape index (κ1) is 16.6. The third kappa shape index (κ3) is 3.29. The number of benzene rings is 2. The van der Waals surface area contributed by atoms with Crippen LogP contribution in [0, 0.1) is 5.92 Å². The van der Waals surface area contributed by atoms with Gasteiger partial charge in [0, 0.05) is 17.7 Å². The van der Waals surface area contributed by atoms with Gasteiger partial charge in [-0.3, -0.25) is 4.79 Å². The zero-order chi connectivity index (χ0) is 17.9. The Kier molecular flexibility index (Phi) is 4.61. The van der Waals surface area contributed by atoms with Crippen molar-refractivity contribution in [2.45, 2.75) is 32.1 Å². The molecule has 26 heavy (non-hydrogen) atoms. The molecule has 1 aliphatic rings. The van der Waals surface area contributed by atoms with E-state index in [0.717, 1.165) is 42.5 Å². The summed E-state index contributed by atoms with van der Waals surface area (Å²) in [5.74, 6) is 1.45. The monoisotopic (exact) mass is 350 g/mol. The summed E-state index contributed by atoms with van der Waals surface area (Å²) in [4.78, 5) is 17.0. The number of ether oxygens (including phenoxy) is 1. The smallest absolute Gasteiger partial charge is 0.231 e. The van der Waals surface area contributed by atoms with Crippen LogP contribution in [0.4, 0.5) is 5.69 Å². The summed E-state index contributed by atoms with van der Waals surface area (Å²) >= 11 is 0. The molecule has 5 heteroatoms. The second-order valence-electron chi connectivity index (χ2n) is 6.73. The van der Waals surface area contributed by atoms with Gasteiger partial charge in [-0.2, -0.15) is 0 Å². The van der Waals surface area contributed by atoms with E-state index in [2.05, 4.69) is 10.3 Å². The molecule has 3 aromatic rings. The van der Waals surface area contributed by atoms with Crippen molar-refractivity contribution in [3.63, 3.8) is 0 Å². The summed E-state index contributed by atoms with van der Waals surface area (Å²) in [6, 6.07) is 13.2. The lowest BCUT2D eigenvalue weighted by Crippen LogP contribution is -2.24. The highest BCUT2D eigenvalue weighted by Crippen LogP contribution is 2.32. The molecule has 0 saturated heterocycles. The van der Waals surface area contributed by atoms with Crippen molar-refractivity contribution >= 4 is 22.7 Å². The third-order valence-electron chi connectivity index (χ3n) is 4.97. The van der Waals surface area contributed by atoms with E-state index < -0.39 is 0 Å². The number of hydrogen-bond donors (Lipinski definition) is 1. The van der Waals surface area contributed by atoms with Crippen LogP contribution in [0.1, 0.15) is 32.1 Å². The molecule has 0 bridgehead atoms. The minimum Gasteiger partial charge on any atom is -0.496 e. The van der Waals surface area contributed by atoms with Gasteiger partial charge in [0.05, 0.1) is 12.7 Å². The van der Waals surface area contributed by atoms with Crippen molar-refractivity contribution in [1.29, 1.82) is 0 Å². The lowest BCUT2D eigenvalue weighted by molar-refractivity contribution is -0.120. The Balaban J connectivity index is 1.58. The molecule has 0 atom stereocenters. The number of oxazole rings is 1. The molecule has 1 amide bonds. The Morgan fingerprint density at radius 1 is 1.15 bits per heavy atom. The Morgan fingerprint density at radius 3 is 2.77 bits per heavy atom. The molecule has 1 aromatic heterocycles. The zero-order valence-corrected chi connectivity index (χ0v) is 14.8. The van der Waals surface area contributed by atoms with E-state index in [1.165, 1.54) is 6.42 Å². The largest absolute Gasteiger partial charge is 0.496 e. The summed E-state index contributed by atoms with van der Waals surface area (Å²) in [6.45, 7) is 0. The summed E-state index contributed by atoms with van der Waals surface area (Å²) < 4.78 is 11.3. The molecular formula is C21H22N2O3. The first-order chi connectivity index (χ1) is 12.7. The molecule has 0 spiro atoms. The number of hydrogen-bond acceptors (Lipinski definition) is 4. The number of rotatable bonds is 4. The number of anilines is 1. The molecule has 1 N–H and O–H groups in total. The van der Waals surface area contributed by atoms with Gasteiger partial charge in [-0.15, -0.1) is 0 Å². The van der Waals surface area contributed by atoms with Gasteiger partial charge >= 0.3 is 0 Å². The van der Waals surface area contributed by atoms with Gasteiger partial charge in [-0.25, -0.2) is 4.98 Å².